The van der Waals surface area contributed by atoms with Crippen molar-refractivity contribution in [2.24, 2.45) is 0 Å². The van der Waals surface area contributed by atoms with Gasteiger partial charge in [-0.2, -0.15) is 0 Å². The fourth-order valence-corrected chi connectivity index (χ4v) is 6.36. The molecule has 1 aliphatic carbocycles. The van der Waals surface area contributed by atoms with E-state index in [0.29, 0.717) is 0 Å². The summed E-state index contributed by atoms with van der Waals surface area (Å²) in [5.41, 5.74) is 15.1. The summed E-state index contributed by atoms with van der Waals surface area (Å²) in [5.74, 6) is 0. The molecule has 1 heteroatoms. The predicted octanol–water partition coefficient (Wildman–Crippen LogP) is 11.1. The van der Waals surface area contributed by atoms with Crippen molar-refractivity contribution >= 4 is 17.1 Å². The molecule has 5 aromatic carbocycles. The molecule has 0 radical (unpaired) electrons. The summed E-state index contributed by atoms with van der Waals surface area (Å²) in [5, 5.41) is 0. The fourth-order valence-electron chi connectivity index (χ4n) is 6.36. The molecule has 0 heterocycles. The minimum atomic E-state index is -0.0670. The van der Waals surface area contributed by atoms with E-state index >= 15 is 0 Å². The Labute approximate surface area is 245 Å². The van der Waals surface area contributed by atoms with Gasteiger partial charge in [0.05, 0.1) is 0 Å². The van der Waals surface area contributed by atoms with Crippen molar-refractivity contribution < 1.29 is 0 Å². The highest BCUT2D eigenvalue weighted by Gasteiger charge is 2.37. The van der Waals surface area contributed by atoms with Crippen LogP contribution >= 0.6 is 0 Å². The maximum Gasteiger partial charge on any atom is 0.0468 e. The van der Waals surface area contributed by atoms with Crippen LogP contribution in [0.2, 0.25) is 0 Å². The number of rotatable bonds is 7. The van der Waals surface area contributed by atoms with Crippen LogP contribution in [0.4, 0.5) is 17.1 Å². The molecule has 1 aliphatic rings. The summed E-state index contributed by atoms with van der Waals surface area (Å²) in [4.78, 5) is 2.37. The molecule has 5 aromatic rings. The number of fused-ring (bicyclic) bond motifs is 3. The van der Waals surface area contributed by atoms with Gasteiger partial charge in [-0.05, 0) is 101 Å². The van der Waals surface area contributed by atoms with Crippen LogP contribution in [0.3, 0.4) is 0 Å². The van der Waals surface area contributed by atoms with Gasteiger partial charge < -0.3 is 4.90 Å². The smallest absolute Gasteiger partial charge is 0.0468 e. The highest BCUT2D eigenvalue weighted by Crippen LogP contribution is 2.52. The summed E-state index contributed by atoms with van der Waals surface area (Å²) < 4.78 is 0. The monoisotopic (exact) mass is 531 g/mol. The first-order chi connectivity index (χ1) is 19.9. The van der Waals surface area contributed by atoms with Crippen LogP contribution in [0.15, 0.2) is 140 Å². The first-order valence-electron chi connectivity index (χ1n) is 14.5. The molecule has 6 rings (SSSR count). The predicted molar refractivity (Wildman–Crippen MR) is 177 cm³/mol. The van der Waals surface area contributed by atoms with Crippen molar-refractivity contribution in [1.29, 1.82) is 0 Å². The van der Waals surface area contributed by atoms with Crippen molar-refractivity contribution in [2.75, 3.05) is 4.90 Å². The highest BCUT2D eigenvalue weighted by atomic mass is 15.1. The lowest BCUT2D eigenvalue weighted by molar-refractivity contribution is 0.660. The van der Waals surface area contributed by atoms with E-state index in [1.54, 1.807) is 0 Å². The summed E-state index contributed by atoms with van der Waals surface area (Å²) in [6.07, 6.45) is 5.06. The van der Waals surface area contributed by atoms with E-state index in [1.165, 1.54) is 44.5 Å². The van der Waals surface area contributed by atoms with Crippen molar-refractivity contribution in [3.63, 3.8) is 0 Å². The van der Waals surface area contributed by atoms with Gasteiger partial charge in [-0.15, -0.1) is 0 Å². The largest absolute Gasteiger partial charge is 0.310 e. The van der Waals surface area contributed by atoms with Gasteiger partial charge in [0, 0.05) is 22.5 Å². The van der Waals surface area contributed by atoms with E-state index in [1.807, 2.05) is 0 Å². The number of hydrogen-bond donors (Lipinski definition) is 0. The minimum Gasteiger partial charge on any atom is -0.310 e. The van der Waals surface area contributed by atoms with E-state index in [2.05, 4.69) is 167 Å². The number of aryl methyl sites for hydroxylation is 1. The molecule has 0 saturated carbocycles. The number of anilines is 3. The molecule has 0 unspecified atom stereocenters. The summed E-state index contributed by atoms with van der Waals surface area (Å²) in [6.45, 7) is 13.4. The number of allylic oxidation sites excluding steroid dienone is 3. The number of benzene rings is 5. The lowest BCUT2D eigenvalue weighted by Gasteiger charge is -2.27. The number of hydrogen-bond acceptors (Lipinski definition) is 1. The molecule has 0 bridgehead atoms. The molecular formula is C40H37N. The van der Waals surface area contributed by atoms with E-state index in [0.717, 1.165) is 29.1 Å². The highest BCUT2D eigenvalue weighted by molar-refractivity contribution is 5.89. The maximum atomic E-state index is 4.36. The first kappa shape index (κ1) is 26.6. The zero-order chi connectivity index (χ0) is 28.6. The van der Waals surface area contributed by atoms with Crippen LogP contribution in [0, 0.1) is 6.92 Å². The molecule has 0 atom stereocenters. The lowest BCUT2D eigenvalue weighted by atomic mass is 9.81. The normalized spacial score (nSPS) is 13.2. The Morgan fingerprint density at radius 2 is 1.29 bits per heavy atom. The van der Waals surface area contributed by atoms with Crippen molar-refractivity contribution in [3.05, 3.63) is 162 Å². The van der Waals surface area contributed by atoms with Crippen LogP contribution in [0.5, 0.6) is 0 Å². The van der Waals surface area contributed by atoms with Gasteiger partial charge in [-0.3, -0.25) is 0 Å². The van der Waals surface area contributed by atoms with Crippen LogP contribution in [0.25, 0.3) is 22.3 Å². The van der Waals surface area contributed by atoms with Gasteiger partial charge in [0.1, 0.15) is 0 Å². The zero-order valence-corrected chi connectivity index (χ0v) is 24.5. The standard InChI is InChI=1S/C40H37N/c1-6-13-28(2)26-35-29(3)18-24-38-39(35)36-27-34(23-25-37(36)40(38,4)5)41(32-16-11-8-12-17-32)33-21-19-31(20-22-33)30-14-9-7-10-15-30/h6-25,27H,2,26H2,1,3-5H3/b13-6-. The van der Waals surface area contributed by atoms with Gasteiger partial charge in [0.15, 0.2) is 0 Å². The third-order valence-corrected chi connectivity index (χ3v) is 8.48. The second-order valence-electron chi connectivity index (χ2n) is 11.6. The van der Waals surface area contributed by atoms with Gasteiger partial charge >= 0.3 is 0 Å². The Morgan fingerprint density at radius 3 is 1.98 bits per heavy atom. The Morgan fingerprint density at radius 1 is 0.707 bits per heavy atom. The van der Waals surface area contributed by atoms with E-state index in [4.69, 9.17) is 0 Å². The summed E-state index contributed by atoms with van der Waals surface area (Å²) in [7, 11) is 0. The Kier molecular flexibility index (Phi) is 6.97. The molecule has 202 valence electrons. The Balaban J connectivity index is 1.50. The summed E-state index contributed by atoms with van der Waals surface area (Å²) in [6, 6.07) is 41.8. The average Bonchev–Trinajstić information content (AvgIpc) is 3.22. The van der Waals surface area contributed by atoms with Crippen LogP contribution in [0.1, 0.15) is 43.0 Å². The SMILES string of the molecule is C=C(/C=C\C)Cc1c(C)ccc2c1-c1cc(N(c3ccccc3)c3ccc(-c4ccccc4)cc3)ccc1C2(C)C. The van der Waals surface area contributed by atoms with Gasteiger partial charge in [-0.25, -0.2) is 0 Å². The Bertz CT molecular complexity index is 1740. The number of nitrogens with zero attached hydrogens (tertiary/aromatic N) is 1. The molecule has 0 aliphatic heterocycles. The van der Waals surface area contributed by atoms with Crippen molar-refractivity contribution in [2.45, 2.75) is 39.5 Å². The Hall–Kier alpha value is -4.62. The zero-order valence-electron chi connectivity index (χ0n) is 24.5. The molecule has 1 nitrogen and oxygen atoms in total. The van der Waals surface area contributed by atoms with Crippen LogP contribution < -0.4 is 4.90 Å². The molecule has 0 fully saturated rings. The maximum absolute atomic E-state index is 4.36. The second-order valence-corrected chi connectivity index (χ2v) is 11.6. The van der Waals surface area contributed by atoms with Gasteiger partial charge in [0.2, 0.25) is 0 Å². The van der Waals surface area contributed by atoms with Crippen LogP contribution in [-0.4, -0.2) is 0 Å². The lowest BCUT2D eigenvalue weighted by Crippen LogP contribution is -2.15. The van der Waals surface area contributed by atoms with E-state index in [-0.39, 0.29) is 5.41 Å². The van der Waals surface area contributed by atoms with Crippen molar-refractivity contribution in [3.8, 4) is 22.3 Å². The number of para-hydroxylation sites is 1. The van der Waals surface area contributed by atoms with E-state index in [9.17, 15) is 0 Å². The fraction of sp³-hybridized carbons (Fsp3) is 0.150. The molecule has 0 aromatic heterocycles. The molecule has 0 spiro atoms. The van der Waals surface area contributed by atoms with Gasteiger partial charge in [0.25, 0.3) is 0 Å². The first-order valence-corrected chi connectivity index (χ1v) is 14.5. The third kappa shape index (κ3) is 4.83. The van der Waals surface area contributed by atoms with Crippen molar-refractivity contribution in [1.82, 2.24) is 0 Å². The van der Waals surface area contributed by atoms with Crippen LogP contribution in [-0.2, 0) is 11.8 Å². The third-order valence-electron chi connectivity index (χ3n) is 8.48. The molecular weight excluding hydrogens is 494 g/mol. The quantitative estimate of drug-likeness (QED) is 0.189. The molecule has 0 N–H and O–H groups in total. The molecule has 0 amide bonds. The second kappa shape index (κ2) is 10.7. The average molecular weight is 532 g/mol. The van der Waals surface area contributed by atoms with Gasteiger partial charge in [-0.1, -0.05) is 117 Å². The summed E-state index contributed by atoms with van der Waals surface area (Å²) >= 11 is 0. The minimum absolute atomic E-state index is 0.0670. The topological polar surface area (TPSA) is 3.24 Å². The molecule has 41 heavy (non-hydrogen) atoms. The molecule has 0 saturated heterocycles. The van der Waals surface area contributed by atoms with E-state index < -0.39 is 0 Å².